The Hall–Kier alpha value is -0.780. The van der Waals surface area contributed by atoms with E-state index in [1.165, 1.54) is 32.1 Å². The van der Waals surface area contributed by atoms with Crippen LogP contribution in [0.25, 0.3) is 0 Å². The third kappa shape index (κ3) is 1.51. The van der Waals surface area contributed by atoms with Gasteiger partial charge in [-0.15, -0.1) is 0 Å². The Labute approximate surface area is 92.7 Å². The summed E-state index contributed by atoms with van der Waals surface area (Å²) in [5, 5.41) is 0. The van der Waals surface area contributed by atoms with Gasteiger partial charge in [0.2, 0.25) is 0 Å². The zero-order valence-electron chi connectivity index (χ0n) is 9.58. The molecule has 0 aliphatic heterocycles. The normalized spacial score (nSPS) is 34.3. The van der Waals surface area contributed by atoms with Gasteiger partial charge in [0.05, 0.1) is 0 Å². The van der Waals surface area contributed by atoms with E-state index in [9.17, 15) is 0 Å². The lowest BCUT2D eigenvalue weighted by atomic mass is 9.64. The van der Waals surface area contributed by atoms with Crippen molar-refractivity contribution in [1.82, 2.24) is 0 Å². The van der Waals surface area contributed by atoms with E-state index in [0.717, 1.165) is 17.8 Å². The third-order valence-corrected chi connectivity index (χ3v) is 4.64. The average Bonchev–Trinajstić information content (AvgIpc) is 2.30. The van der Waals surface area contributed by atoms with Crippen LogP contribution in [0.5, 0.6) is 0 Å². The summed E-state index contributed by atoms with van der Waals surface area (Å²) in [4.78, 5) is 0. The molecule has 3 unspecified atom stereocenters. The van der Waals surface area contributed by atoms with Gasteiger partial charge in [-0.1, -0.05) is 44.0 Å². The van der Waals surface area contributed by atoms with Crippen molar-refractivity contribution in [3.05, 3.63) is 35.4 Å². The first-order valence-corrected chi connectivity index (χ1v) is 6.44. The van der Waals surface area contributed by atoms with Gasteiger partial charge in [0.1, 0.15) is 0 Å². The highest BCUT2D eigenvalue weighted by molar-refractivity contribution is 5.33. The maximum absolute atomic E-state index is 2.45. The minimum atomic E-state index is 0.806. The smallest absolute Gasteiger partial charge is 0.0157 e. The Morgan fingerprint density at radius 3 is 2.80 bits per heavy atom. The lowest BCUT2D eigenvalue weighted by Crippen LogP contribution is -2.30. The molecular weight excluding hydrogens is 180 g/mol. The molecule has 0 bridgehead atoms. The highest BCUT2D eigenvalue weighted by atomic mass is 14.4. The summed E-state index contributed by atoms with van der Waals surface area (Å²) in [6.45, 7) is 2.45. The Balaban J connectivity index is 1.98. The van der Waals surface area contributed by atoms with Gasteiger partial charge in [-0.3, -0.25) is 0 Å². The SMILES string of the molecule is CC1c2ccccc2CC2CCCCC21. The molecule has 0 radical (unpaired) electrons. The second-order valence-electron chi connectivity index (χ2n) is 5.40. The number of rotatable bonds is 0. The molecule has 0 N–H and O–H groups in total. The maximum atomic E-state index is 2.45. The zero-order chi connectivity index (χ0) is 10.3. The highest BCUT2D eigenvalue weighted by Gasteiger charge is 2.34. The molecule has 1 saturated carbocycles. The van der Waals surface area contributed by atoms with Crippen LogP contribution in [0.1, 0.15) is 49.7 Å². The van der Waals surface area contributed by atoms with Crippen LogP contribution < -0.4 is 0 Å². The van der Waals surface area contributed by atoms with Gasteiger partial charge in [-0.2, -0.15) is 0 Å². The molecule has 1 aromatic carbocycles. The molecule has 2 aliphatic carbocycles. The zero-order valence-corrected chi connectivity index (χ0v) is 9.58. The highest BCUT2D eigenvalue weighted by Crippen LogP contribution is 2.46. The molecule has 0 spiro atoms. The fourth-order valence-corrected chi connectivity index (χ4v) is 3.83. The Morgan fingerprint density at radius 2 is 1.87 bits per heavy atom. The first-order chi connectivity index (χ1) is 7.36. The summed E-state index contributed by atoms with van der Waals surface area (Å²) in [5.41, 5.74) is 3.27. The number of fused-ring (bicyclic) bond motifs is 2. The summed E-state index contributed by atoms with van der Waals surface area (Å²) in [5.74, 6) is 2.78. The Kier molecular flexibility index (Phi) is 2.31. The lowest BCUT2D eigenvalue weighted by molar-refractivity contribution is 0.191. The van der Waals surface area contributed by atoms with Crippen LogP contribution >= 0.6 is 0 Å². The van der Waals surface area contributed by atoms with Gasteiger partial charge in [0.25, 0.3) is 0 Å². The Morgan fingerprint density at radius 1 is 1.07 bits per heavy atom. The molecule has 0 saturated heterocycles. The lowest BCUT2D eigenvalue weighted by Gasteiger charge is -2.41. The van der Waals surface area contributed by atoms with Crippen LogP contribution in [0.4, 0.5) is 0 Å². The molecule has 2 aliphatic rings. The molecule has 0 amide bonds. The summed E-state index contributed by atoms with van der Waals surface area (Å²) < 4.78 is 0. The van der Waals surface area contributed by atoms with Crippen LogP contribution in [0.3, 0.4) is 0 Å². The topological polar surface area (TPSA) is 0 Å². The van der Waals surface area contributed by atoms with Crippen LogP contribution in [-0.2, 0) is 6.42 Å². The third-order valence-electron chi connectivity index (χ3n) is 4.64. The Bertz CT molecular complexity index is 353. The number of hydrogen-bond donors (Lipinski definition) is 0. The van der Waals surface area contributed by atoms with E-state index in [-0.39, 0.29) is 0 Å². The molecule has 0 nitrogen and oxygen atoms in total. The van der Waals surface area contributed by atoms with Crippen molar-refractivity contribution in [2.75, 3.05) is 0 Å². The van der Waals surface area contributed by atoms with Gasteiger partial charge in [0.15, 0.2) is 0 Å². The van der Waals surface area contributed by atoms with E-state index in [1.807, 2.05) is 0 Å². The minimum Gasteiger partial charge on any atom is -0.0620 e. The van der Waals surface area contributed by atoms with Crippen molar-refractivity contribution in [2.45, 2.75) is 44.9 Å². The molecule has 0 heteroatoms. The molecule has 0 heterocycles. The van der Waals surface area contributed by atoms with E-state index in [2.05, 4.69) is 31.2 Å². The molecule has 15 heavy (non-hydrogen) atoms. The van der Waals surface area contributed by atoms with Crippen molar-refractivity contribution in [2.24, 2.45) is 11.8 Å². The van der Waals surface area contributed by atoms with E-state index in [1.54, 1.807) is 11.1 Å². The fourth-order valence-electron chi connectivity index (χ4n) is 3.83. The van der Waals surface area contributed by atoms with Crippen molar-refractivity contribution in [1.29, 1.82) is 0 Å². The maximum Gasteiger partial charge on any atom is -0.0157 e. The fraction of sp³-hybridized carbons (Fsp3) is 0.600. The summed E-state index contributed by atoms with van der Waals surface area (Å²) >= 11 is 0. The largest absolute Gasteiger partial charge is 0.0620 e. The van der Waals surface area contributed by atoms with E-state index in [4.69, 9.17) is 0 Å². The van der Waals surface area contributed by atoms with Gasteiger partial charge in [0, 0.05) is 0 Å². The number of hydrogen-bond acceptors (Lipinski definition) is 0. The summed E-state index contributed by atoms with van der Waals surface area (Å²) in [7, 11) is 0. The standard InChI is InChI=1S/C15H20/c1-11-14-8-4-2-6-12(14)10-13-7-3-5-9-15(11)13/h2,4,6,8,11,13,15H,3,5,7,9-10H2,1H3. The molecule has 0 aromatic heterocycles. The minimum absolute atomic E-state index is 0.806. The van der Waals surface area contributed by atoms with Crippen LogP contribution in [-0.4, -0.2) is 0 Å². The van der Waals surface area contributed by atoms with Crippen molar-refractivity contribution in [3.63, 3.8) is 0 Å². The van der Waals surface area contributed by atoms with Crippen molar-refractivity contribution < 1.29 is 0 Å². The van der Waals surface area contributed by atoms with E-state index in [0.29, 0.717) is 0 Å². The van der Waals surface area contributed by atoms with Crippen LogP contribution in [0.15, 0.2) is 24.3 Å². The summed E-state index contributed by atoms with van der Waals surface area (Å²) in [6.07, 6.45) is 7.23. The second-order valence-corrected chi connectivity index (χ2v) is 5.40. The van der Waals surface area contributed by atoms with Crippen LogP contribution in [0.2, 0.25) is 0 Å². The van der Waals surface area contributed by atoms with Gasteiger partial charge >= 0.3 is 0 Å². The van der Waals surface area contributed by atoms with E-state index < -0.39 is 0 Å². The molecular formula is C15H20. The average molecular weight is 200 g/mol. The monoisotopic (exact) mass is 200 g/mol. The van der Waals surface area contributed by atoms with Crippen LogP contribution in [0, 0.1) is 11.8 Å². The van der Waals surface area contributed by atoms with Gasteiger partial charge in [-0.25, -0.2) is 0 Å². The summed E-state index contributed by atoms with van der Waals surface area (Å²) in [6, 6.07) is 9.11. The predicted molar refractivity (Wildman–Crippen MR) is 64.0 cm³/mol. The van der Waals surface area contributed by atoms with Crippen molar-refractivity contribution >= 4 is 0 Å². The molecule has 1 aromatic rings. The predicted octanol–water partition coefficient (Wildman–Crippen LogP) is 4.15. The van der Waals surface area contributed by atoms with Gasteiger partial charge < -0.3 is 0 Å². The first-order valence-electron chi connectivity index (χ1n) is 6.44. The molecule has 80 valence electrons. The molecule has 3 rings (SSSR count). The first kappa shape index (κ1) is 9.45. The quantitative estimate of drug-likeness (QED) is 0.590. The van der Waals surface area contributed by atoms with E-state index >= 15 is 0 Å². The molecule has 1 fully saturated rings. The van der Waals surface area contributed by atoms with Gasteiger partial charge in [-0.05, 0) is 48.1 Å². The van der Waals surface area contributed by atoms with Crippen molar-refractivity contribution in [3.8, 4) is 0 Å². The second kappa shape index (κ2) is 3.66. The molecule has 3 atom stereocenters. The number of benzene rings is 1.